The molecule has 0 amide bonds. The quantitative estimate of drug-likeness (QED) is 0.900. The maximum absolute atomic E-state index is 9.29. The molecule has 2 aromatic carbocycles. The zero-order valence-corrected chi connectivity index (χ0v) is 11.8. The Bertz CT molecular complexity index is 541. The van der Waals surface area contributed by atoms with Gasteiger partial charge in [0.15, 0.2) is 0 Å². The van der Waals surface area contributed by atoms with Crippen LogP contribution in [0.1, 0.15) is 11.1 Å². The molecule has 0 spiro atoms. The van der Waals surface area contributed by atoms with Gasteiger partial charge in [0, 0.05) is 17.0 Å². The van der Waals surface area contributed by atoms with Crippen LogP contribution in [0.4, 0.5) is 0 Å². The van der Waals surface area contributed by atoms with Gasteiger partial charge in [0.2, 0.25) is 0 Å². The molecule has 100 valence electrons. The van der Waals surface area contributed by atoms with Gasteiger partial charge in [-0.2, -0.15) is 0 Å². The van der Waals surface area contributed by atoms with Crippen LogP contribution in [-0.2, 0) is 13.0 Å². The Morgan fingerprint density at radius 2 is 1.79 bits per heavy atom. The van der Waals surface area contributed by atoms with Gasteiger partial charge in [-0.3, -0.25) is 0 Å². The van der Waals surface area contributed by atoms with E-state index in [1.165, 1.54) is 5.56 Å². The van der Waals surface area contributed by atoms with Gasteiger partial charge in [-0.15, -0.1) is 0 Å². The average Bonchev–Trinajstić information content (AvgIpc) is 2.42. The smallest absolute Gasteiger partial charge is 0.143 e. The third kappa shape index (κ3) is 3.87. The second-order valence-corrected chi connectivity index (χ2v) is 4.96. The van der Waals surface area contributed by atoms with Crippen molar-refractivity contribution in [3.63, 3.8) is 0 Å². The van der Waals surface area contributed by atoms with E-state index in [9.17, 15) is 5.11 Å². The first kappa shape index (κ1) is 14.2. The monoisotopic (exact) mass is 296 g/mol. The van der Waals surface area contributed by atoms with Crippen molar-refractivity contribution >= 4 is 23.2 Å². The van der Waals surface area contributed by atoms with Crippen LogP contribution in [0, 0.1) is 0 Å². The largest absolute Gasteiger partial charge is 0.491 e. The Labute approximate surface area is 122 Å². The fourth-order valence-corrected chi connectivity index (χ4v) is 2.40. The van der Waals surface area contributed by atoms with Gasteiger partial charge >= 0.3 is 0 Å². The number of benzene rings is 2. The molecule has 2 rings (SSSR count). The van der Waals surface area contributed by atoms with E-state index in [0.29, 0.717) is 28.0 Å². The van der Waals surface area contributed by atoms with Gasteiger partial charge in [-0.05, 0) is 17.7 Å². The summed E-state index contributed by atoms with van der Waals surface area (Å²) in [5, 5.41) is 10.2. The minimum absolute atomic E-state index is 0.152. The zero-order chi connectivity index (χ0) is 13.7. The fourth-order valence-electron chi connectivity index (χ4n) is 1.81. The van der Waals surface area contributed by atoms with Crippen LogP contribution < -0.4 is 4.74 Å². The summed E-state index contributed by atoms with van der Waals surface area (Å²) in [5.41, 5.74) is 1.80. The number of ether oxygens (including phenoxy) is 1. The maximum atomic E-state index is 9.29. The Hall–Kier alpha value is -1.22. The molecule has 2 aromatic rings. The molecule has 1 N–H and O–H groups in total. The molecule has 0 aromatic heterocycles. The Morgan fingerprint density at radius 1 is 1.05 bits per heavy atom. The average molecular weight is 297 g/mol. The molecular formula is C15H14Cl2O2. The van der Waals surface area contributed by atoms with E-state index in [0.717, 1.165) is 6.42 Å². The molecule has 0 bridgehead atoms. The molecule has 0 heterocycles. The number of halogens is 2. The summed E-state index contributed by atoms with van der Waals surface area (Å²) in [6.07, 6.45) is 0.782. The molecule has 0 atom stereocenters. The van der Waals surface area contributed by atoms with Gasteiger partial charge in [0.25, 0.3) is 0 Å². The molecule has 0 saturated heterocycles. The summed E-state index contributed by atoms with van der Waals surface area (Å²) in [4.78, 5) is 0. The summed E-state index contributed by atoms with van der Waals surface area (Å²) in [6.45, 7) is 0.347. The van der Waals surface area contributed by atoms with Crippen molar-refractivity contribution in [1.29, 1.82) is 0 Å². The Morgan fingerprint density at radius 3 is 2.47 bits per heavy atom. The standard InChI is InChI=1S/C15H14Cl2O2/c16-13-8-12(10-18)15(14(17)9-13)19-7-6-11-4-2-1-3-5-11/h1-5,8-9,18H,6-7,10H2. The molecule has 4 heteroatoms. The third-order valence-electron chi connectivity index (χ3n) is 2.74. The van der Waals surface area contributed by atoms with E-state index < -0.39 is 0 Å². The van der Waals surface area contributed by atoms with Gasteiger partial charge in [0.05, 0.1) is 18.2 Å². The highest BCUT2D eigenvalue weighted by Crippen LogP contribution is 2.32. The van der Waals surface area contributed by atoms with Crippen LogP contribution in [0.25, 0.3) is 0 Å². The SMILES string of the molecule is OCc1cc(Cl)cc(Cl)c1OCCc1ccccc1. The Balaban J connectivity index is 2.03. The second kappa shape index (κ2) is 6.80. The predicted octanol–water partition coefficient (Wildman–Crippen LogP) is 4.11. The lowest BCUT2D eigenvalue weighted by Gasteiger charge is -2.12. The van der Waals surface area contributed by atoms with Crippen LogP contribution >= 0.6 is 23.2 Å². The van der Waals surface area contributed by atoms with E-state index in [4.69, 9.17) is 27.9 Å². The summed E-state index contributed by atoms with van der Waals surface area (Å²) in [5.74, 6) is 0.504. The number of hydrogen-bond acceptors (Lipinski definition) is 2. The summed E-state index contributed by atoms with van der Waals surface area (Å²) in [7, 11) is 0. The third-order valence-corrected chi connectivity index (χ3v) is 3.23. The van der Waals surface area contributed by atoms with Gasteiger partial charge in [-0.25, -0.2) is 0 Å². The van der Waals surface area contributed by atoms with Crippen LogP contribution in [0.5, 0.6) is 5.75 Å². The zero-order valence-electron chi connectivity index (χ0n) is 10.3. The molecule has 0 unspecified atom stereocenters. The first-order valence-corrected chi connectivity index (χ1v) is 6.72. The first-order valence-electron chi connectivity index (χ1n) is 5.96. The van der Waals surface area contributed by atoms with E-state index in [-0.39, 0.29) is 6.61 Å². The van der Waals surface area contributed by atoms with Crippen LogP contribution in [-0.4, -0.2) is 11.7 Å². The van der Waals surface area contributed by atoms with Gasteiger partial charge in [0.1, 0.15) is 5.75 Å². The Kier molecular flexibility index (Phi) is 5.08. The molecule has 2 nitrogen and oxygen atoms in total. The normalized spacial score (nSPS) is 10.5. The van der Waals surface area contributed by atoms with E-state index in [2.05, 4.69) is 0 Å². The lowest BCUT2D eigenvalue weighted by Crippen LogP contribution is -2.04. The van der Waals surface area contributed by atoms with Crippen molar-refractivity contribution in [2.24, 2.45) is 0 Å². The van der Waals surface area contributed by atoms with E-state index >= 15 is 0 Å². The van der Waals surface area contributed by atoms with Crippen LogP contribution in [0.2, 0.25) is 10.0 Å². The highest BCUT2D eigenvalue weighted by molar-refractivity contribution is 6.35. The highest BCUT2D eigenvalue weighted by Gasteiger charge is 2.10. The predicted molar refractivity (Wildman–Crippen MR) is 78.0 cm³/mol. The highest BCUT2D eigenvalue weighted by atomic mass is 35.5. The number of hydrogen-bond donors (Lipinski definition) is 1. The summed E-state index contributed by atoms with van der Waals surface area (Å²) in [6, 6.07) is 13.3. The molecular weight excluding hydrogens is 283 g/mol. The van der Waals surface area contributed by atoms with Crippen molar-refractivity contribution in [3.8, 4) is 5.75 Å². The van der Waals surface area contributed by atoms with Crippen LogP contribution in [0.3, 0.4) is 0 Å². The van der Waals surface area contributed by atoms with Gasteiger partial charge < -0.3 is 9.84 Å². The minimum atomic E-state index is -0.152. The molecule has 0 aliphatic carbocycles. The van der Waals surface area contributed by atoms with E-state index in [1.807, 2.05) is 30.3 Å². The van der Waals surface area contributed by atoms with E-state index in [1.54, 1.807) is 12.1 Å². The lowest BCUT2D eigenvalue weighted by atomic mass is 10.1. The molecule has 0 radical (unpaired) electrons. The molecule has 0 fully saturated rings. The molecule has 0 saturated carbocycles. The fraction of sp³-hybridized carbons (Fsp3) is 0.200. The van der Waals surface area contributed by atoms with Crippen LogP contribution in [0.15, 0.2) is 42.5 Å². The number of rotatable bonds is 5. The minimum Gasteiger partial charge on any atom is -0.491 e. The lowest BCUT2D eigenvalue weighted by molar-refractivity contribution is 0.264. The molecule has 0 aliphatic heterocycles. The summed E-state index contributed by atoms with van der Waals surface area (Å²) >= 11 is 12.0. The van der Waals surface area contributed by atoms with Crippen molar-refractivity contribution in [3.05, 3.63) is 63.6 Å². The van der Waals surface area contributed by atoms with Crippen molar-refractivity contribution in [2.75, 3.05) is 6.61 Å². The van der Waals surface area contributed by atoms with Gasteiger partial charge in [-0.1, -0.05) is 53.5 Å². The topological polar surface area (TPSA) is 29.5 Å². The maximum Gasteiger partial charge on any atom is 0.143 e. The molecule has 0 aliphatic rings. The second-order valence-electron chi connectivity index (χ2n) is 4.12. The van der Waals surface area contributed by atoms with Crippen molar-refractivity contribution in [1.82, 2.24) is 0 Å². The number of aliphatic hydroxyl groups is 1. The first-order chi connectivity index (χ1) is 9.20. The summed E-state index contributed by atoms with van der Waals surface area (Å²) < 4.78 is 5.67. The van der Waals surface area contributed by atoms with Crippen molar-refractivity contribution < 1.29 is 9.84 Å². The number of aliphatic hydroxyl groups excluding tert-OH is 1. The molecule has 19 heavy (non-hydrogen) atoms. The van der Waals surface area contributed by atoms with Crippen molar-refractivity contribution in [2.45, 2.75) is 13.0 Å².